The van der Waals surface area contributed by atoms with Crippen LogP contribution in [0.3, 0.4) is 0 Å². The first kappa shape index (κ1) is 16.8. The van der Waals surface area contributed by atoms with Crippen LogP contribution in [0.5, 0.6) is 5.75 Å². The summed E-state index contributed by atoms with van der Waals surface area (Å²) in [5.74, 6) is 2.23. The molecule has 3 aromatic rings. The number of ether oxygens (including phenoxy) is 1. The average Bonchev–Trinajstić information content (AvgIpc) is 2.61. The van der Waals surface area contributed by atoms with Crippen molar-refractivity contribution in [1.82, 2.24) is 9.97 Å². The number of aromatic nitrogens is 2. The van der Waals surface area contributed by atoms with Gasteiger partial charge in [-0.3, -0.25) is 0 Å². The lowest BCUT2D eigenvalue weighted by Gasteiger charge is -2.12. The van der Waals surface area contributed by atoms with Gasteiger partial charge in [-0.1, -0.05) is 18.2 Å². The van der Waals surface area contributed by atoms with Gasteiger partial charge in [0.25, 0.3) is 0 Å². The lowest BCUT2D eigenvalue weighted by Crippen LogP contribution is -2.01. The molecular weight excluding hydrogens is 312 g/mol. The Morgan fingerprint density at radius 1 is 0.880 bits per heavy atom. The summed E-state index contributed by atoms with van der Waals surface area (Å²) in [6.07, 6.45) is 1.54. The number of anilines is 4. The van der Waals surface area contributed by atoms with E-state index < -0.39 is 0 Å². The molecule has 128 valence electrons. The van der Waals surface area contributed by atoms with Crippen molar-refractivity contribution < 1.29 is 4.74 Å². The highest BCUT2D eigenvalue weighted by molar-refractivity contribution is 5.67. The van der Waals surface area contributed by atoms with Gasteiger partial charge >= 0.3 is 0 Å². The molecular formula is C20H22N4O. The molecule has 5 nitrogen and oxygen atoms in total. The third-order valence-corrected chi connectivity index (χ3v) is 3.90. The van der Waals surface area contributed by atoms with Gasteiger partial charge in [0, 0.05) is 11.8 Å². The molecule has 0 aliphatic carbocycles. The Bertz CT molecular complexity index is 864. The Kier molecular flexibility index (Phi) is 5.14. The molecule has 0 spiro atoms. The van der Waals surface area contributed by atoms with Gasteiger partial charge in [-0.15, -0.1) is 0 Å². The summed E-state index contributed by atoms with van der Waals surface area (Å²) in [5.41, 5.74) is 4.38. The van der Waals surface area contributed by atoms with E-state index in [2.05, 4.69) is 46.6 Å². The van der Waals surface area contributed by atoms with Crippen molar-refractivity contribution >= 4 is 23.0 Å². The third kappa shape index (κ3) is 4.26. The second-order valence-corrected chi connectivity index (χ2v) is 5.77. The molecule has 25 heavy (non-hydrogen) atoms. The molecule has 0 atom stereocenters. The van der Waals surface area contributed by atoms with E-state index in [1.165, 1.54) is 17.5 Å². The molecule has 5 heteroatoms. The lowest BCUT2D eigenvalue weighted by molar-refractivity contribution is 0.342. The smallest absolute Gasteiger partial charge is 0.142 e. The highest BCUT2D eigenvalue weighted by atomic mass is 16.5. The quantitative estimate of drug-likeness (QED) is 0.666. The molecule has 0 saturated carbocycles. The second-order valence-electron chi connectivity index (χ2n) is 5.77. The number of hydrogen-bond acceptors (Lipinski definition) is 5. The van der Waals surface area contributed by atoms with Crippen molar-refractivity contribution in [3.05, 3.63) is 66.0 Å². The molecule has 1 heterocycles. The van der Waals surface area contributed by atoms with Crippen LogP contribution < -0.4 is 15.4 Å². The molecule has 2 aromatic carbocycles. The van der Waals surface area contributed by atoms with Crippen LogP contribution in [0.4, 0.5) is 23.0 Å². The fourth-order valence-electron chi connectivity index (χ4n) is 2.45. The highest BCUT2D eigenvalue weighted by Gasteiger charge is 2.05. The number of hydrogen-bond donors (Lipinski definition) is 2. The number of aryl methyl sites for hydroxylation is 2. The maximum Gasteiger partial charge on any atom is 0.142 e. The Labute approximate surface area is 148 Å². The number of benzene rings is 2. The average molecular weight is 334 g/mol. The van der Waals surface area contributed by atoms with Crippen LogP contribution in [0, 0.1) is 13.8 Å². The molecule has 0 amide bonds. The van der Waals surface area contributed by atoms with E-state index in [-0.39, 0.29) is 0 Å². The summed E-state index contributed by atoms with van der Waals surface area (Å²) in [5, 5.41) is 6.60. The van der Waals surface area contributed by atoms with Crippen molar-refractivity contribution in [2.45, 2.75) is 20.8 Å². The van der Waals surface area contributed by atoms with E-state index in [1.54, 1.807) is 0 Å². The van der Waals surface area contributed by atoms with Crippen molar-refractivity contribution in [3.8, 4) is 5.75 Å². The maximum absolute atomic E-state index is 5.64. The largest absolute Gasteiger partial charge is 0.492 e. The molecule has 0 aliphatic heterocycles. The molecule has 3 rings (SSSR count). The maximum atomic E-state index is 5.64. The zero-order valence-electron chi connectivity index (χ0n) is 14.7. The summed E-state index contributed by atoms with van der Waals surface area (Å²) >= 11 is 0. The summed E-state index contributed by atoms with van der Waals surface area (Å²) in [6, 6.07) is 15.9. The minimum absolute atomic E-state index is 0.613. The van der Waals surface area contributed by atoms with E-state index in [0.717, 1.165) is 22.9 Å². The fraction of sp³-hybridized carbons (Fsp3) is 0.200. The van der Waals surface area contributed by atoms with E-state index in [0.29, 0.717) is 12.4 Å². The summed E-state index contributed by atoms with van der Waals surface area (Å²) < 4.78 is 5.64. The third-order valence-electron chi connectivity index (χ3n) is 3.90. The lowest BCUT2D eigenvalue weighted by atomic mass is 10.1. The Hall–Kier alpha value is -3.08. The van der Waals surface area contributed by atoms with Gasteiger partial charge in [0.2, 0.25) is 0 Å². The van der Waals surface area contributed by atoms with Crippen molar-refractivity contribution in [2.24, 2.45) is 0 Å². The minimum atomic E-state index is 0.613. The first-order valence-corrected chi connectivity index (χ1v) is 8.31. The standard InChI is InChI=1S/C20H22N4O/c1-4-25-18-8-6-5-7-17(18)24-20-12-19(21-13-22-20)23-16-10-9-14(2)15(3)11-16/h5-13H,4H2,1-3H3,(H2,21,22,23,24). The van der Waals surface area contributed by atoms with Crippen LogP contribution in [0.25, 0.3) is 0 Å². The van der Waals surface area contributed by atoms with Crippen LogP contribution >= 0.6 is 0 Å². The molecule has 0 fully saturated rings. The van der Waals surface area contributed by atoms with E-state index >= 15 is 0 Å². The van der Waals surface area contributed by atoms with Crippen molar-refractivity contribution in [2.75, 3.05) is 17.2 Å². The van der Waals surface area contributed by atoms with Gasteiger partial charge in [-0.25, -0.2) is 9.97 Å². The summed E-state index contributed by atoms with van der Waals surface area (Å²) in [4.78, 5) is 8.59. The number of rotatable bonds is 6. The zero-order valence-corrected chi connectivity index (χ0v) is 14.7. The van der Waals surface area contributed by atoms with Crippen LogP contribution in [-0.2, 0) is 0 Å². The Morgan fingerprint density at radius 2 is 1.64 bits per heavy atom. The molecule has 0 aliphatic rings. The predicted octanol–water partition coefficient (Wildman–Crippen LogP) is 4.98. The molecule has 2 N–H and O–H groups in total. The van der Waals surface area contributed by atoms with E-state index in [4.69, 9.17) is 4.74 Å². The second kappa shape index (κ2) is 7.66. The van der Waals surface area contributed by atoms with Gasteiger partial charge in [0.15, 0.2) is 0 Å². The molecule has 0 unspecified atom stereocenters. The normalized spacial score (nSPS) is 10.4. The number of nitrogens with zero attached hydrogens (tertiary/aromatic N) is 2. The topological polar surface area (TPSA) is 59.1 Å². The van der Waals surface area contributed by atoms with Gasteiger partial charge < -0.3 is 15.4 Å². The monoisotopic (exact) mass is 334 g/mol. The molecule has 0 saturated heterocycles. The minimum Gasteiger partial charge on any atom is -0.492 e. The first-order valence-electron chi connectivity index (χ1n) is 8.31. The van der Waals surface area contributed by atoms with Crippen LogP contribution in [0.1, 0.15) is 18.1 Å². The summed E-state index contributed by atoms with van der Waals surface area (Å²) in [6.45, 7) is 6.77. The molecule has 0 bridgehead atoms. The first-order chi connectivity index (χ1) is 12.2. The molecule has 0 radical (unpaired) electrons. The predicted molar refractivity (Wildman–Crippen MR) is 102 cm³/mol. The van der Waals surface area contributed by atoms with Gasteiger partial charge in [-0.2, -0.15) is 0 Å². The van der Waals surface area contributed by atoms with Crippen molar-refractivity contribution in [3.63, 3.8) is 0 Å². The summed E-state index contributed by atoms with van der Waals surface area (Å²) in [7, 11) is 0. The van der Waals surface area contributed by atoms with Crippen LogP contribution in [0.2, 0.25) is 0 Å². The van der Waals surface area contributed by atoms with Crippen LogP contribution in [0.15, 0.2) is 54.9 Å². The fourth-order valence-corrected chi connectivity index (χ4v) is 2.45. The number of para-hydroxylation sites is 2. The van der Waals surface area contributed by atoms with Gasteiger partial charge in [0.1, 0.15) is 23.7 Å². The zero-order chi connectivity index (χ0) is 17.6. The SMILES string of the molecule is CCOc1ccccc1Nc1cc(Nc2ccc(C)c(C)c2)ncn1. The van der Waals surface area contributed by atoms with Crippen molar-refractivity contribution in [1.29, 1.82) is 0 Å². The molecule has 1 aromatic heterocycles. The highest BCUT2D eigenvalue weighted by Crippen LogP contribution is 2.27. The van der Waals surface area contributed by atoms with Gasteiger partial charge in [-0.05, 0) is 56.2 Å². The van der Waals surface area contributed by atoms with Gasteiger partial charge in [0.05, 0.1) is 12.3 Å². The Morgan fingerprint density at radius 3 is 2.40 bits per heavy atom. The van der Waals surface area contributed by atoms with Crippen LogP contribution in [-0.4, -0.2) is 16.6 Å². The van der Waals surface area contributed by atoms with E-state index in [1.807, 2.05) is 43.3 Å². The number of nitrogens with one attached hydrogen (secondary N) is 2. The van der Waals surface area contributed by atoms with E-state index in [9.17, 15) is 0 Å². The Balaban J connectivity index is 1.78.